The van der Waals surface area contributed by atoms with Gasteiger partial charge in [0.25, 0.3) is 10.0 Å². The first kappa shape index (κ1) is 25.6. The van der Waals surface area contributed by atoms with E-state index in [9.17, 15) is 18.0 Å². The zero-order chi connectivity index (χ0) is 24.0. The lowest BCUT2D eigenvalue weighted by molar-refractivity contribution is -0.138. The Morgan fingerprint density at radius 2 is 1.88 bits per heavy atom. The number of rotatable bonds is 5. The fourth-order valence-electron chi connectivity index (χ4n) is 4.54. The van der Waals surface area contributed by atoms with E-state index in [4.69, 9.17) is 0 Å². The highest BCUT2D eigenvalue weighted by Gasteiger charge is 2.30. The summed E-state index contributed by atoms with van der Waals surface area (Å²) in [5.74, 6) is 0.293. The van der Waals surface area contributed by atoms with Crippen molar-refractivity contribution in [3.05, 3.63) is 12.5 Å². The van der Waals surface area contributed by atoms with E-state index in [0.29, 0.717) is 44.8 Å². The van der Waals surface area contributed by atoms with Gasteiger partial charge in [-0.1, -0.05) is 13.8 Å². The molecule has 1 atom stereocenters. The number of carbonyl (C=O) groups is 2. The standard InChI is InChI=1S/C22H38N6O4S/c1-18(2)15-26-11-13-27(14-12-26)22(30)19-5-4-9-28(10-7-20(29)23-8-6-19)33(31,32)21-16-25(3)17-24-21/h16-19H,4-15H2,1-3H3,(H,23,29). The summed E-state index contributed by atoms with van der Waals surface area (Å²) in [6.07, 6.45) is 4.72. The molecule has 2 aliphatic rings. The Hall–Kier alpha value is -1.98. The first-order valence-corrected chi connectivity index (χ1v) is 13.4. The van der Waals surface area contributed by atoms with E-state index in [-0.39, 0.29) is 42.3 Å². The van der Waals surface area contributed by atoms with Crippen molar-refractivity contribution < 1.29 is 18.0 Å². The van der Waals surface area contributed by atoms with Crippen LogP contribution in [-0.4, -0.2) is 96.2 Å². The summed E-state index contributed by atoms with van der Waals surface area (Å²) in [7, 11) is -2.08. The molecule has 3 heterocycles. The van der Waals surface area contributed by atoms with Gasteiger partial charge >= 0.3 is 0 Å². The maximum atomic E-state index is 13.3. The minimum Gasteiger partial charge on any atom is -0.356 e. The number of imidazole rings is 1. The second-order valence-electron chi connectivity index (χ2n) is 9.53. The van der Waals surface area contributed by atoms with Gasteiger partial charge in [-0.2, -0.15) is 4.31 Å². The predicted octanol–water partition coefficient (Wildman–Crippen LogP) is 0.517. The molecule has 0 saturated carbocycles. The van der Waals surface area contributed by atoms with Crippen molar-refractivity contribution >= 4 is 21.8 Å². The van der Waals surface area contributed by atoms with Gasteiger partial charge in [-0.05, 0) is 25.2 Å². The molecular formula is C22H38N6O4S. The second-order valence-corrected chi connectivity index (χ2v) is 11.4. The molecule has 11 heteroatoms. The fourth-order valence-corrected chi connectivity index (χ4v) is 5.98. The number of hydrogen-bond donors (Lipinski definition) is 1. The zero-order valence-electron chi connectivity index (χ0n) is 20.1. The summed E-state index contributed by atoms with van der Waals surface area (Å²) in [5.41, 5.74) is 0. The maximum Gasteiger partial charge on any atom is 0.262 e. The van der Waals surface area contributed by atoms with Crippen molar-refractivity contribution in [1.82, 2.24) is 29.0 Å². The minimum absolute atomic E-state index is 0.0211. The van der Waals surface area contributed by atoms with E-state index >= 15 is 0 Å². The lowest BCUT2D eigenvalue weighted by atomic mass is 9.97. The average Bonchev–Trinajstić information content (AvgIpc) is 3.19. The van der Waals surface area contributed by atoms with Crippen LogP contribution in [0.4, 0.5) is 0 Å². The van der Waals surface area contributed by atoms with Crippen molar-refractivity contribution in [2.24, 2.45) is 18.9 Å². The molecule has 1 aromatic rings. The van der Waals surface area contributed by atoms with E-state index in [1.165, 1.54) is 16.8 Å². The third-order valence-electron chi connectivity index (χ3n) is 6.31. The van der Waals surface area contributed by atoms with Gasteiger partial charge in [0.2, 0.25) is 11.8 Å². The van der Waals surface area contributed by atoms with Gasteiger partial charge in [-0.15, -0.1) is 0 Å². The summed E-state index contributed by atoms with van der Waals surface area (Å²) in [6.45, 7) is 9.42. The third kappa shape index (κ3) is 7.00. The zero-order valence-corrected chi connectivity index (χ0v) is 20.9. The molecule has 2 saturated heterocycles. The van der Waals surface area contributed by atoms with Crippen LogP contribution in [0.5, 0.6) is 0 Å². The molecule has 0 bridgehead atoms. The quantitative estimate of drug-likeness (QED) is 0.656. The molecule has 0 aromatic carbocycles. The monoisotopic (exact) mass is 482 g/mol. The predicted molar refractivity (Wildman–Crippen MR) is 125 cm³/mol. The smallest absolute Gasteiger partial charge is 0.262 e. The Balaban J connectivity index is 1.64. The number of aromatic nitrogens is 2. The third-order valence-corrected chi connectivity index (χ3v) is 8.09. The number of nitrogens with zero attached hydrogens (tertiary/aromatic N) is 5. The molecule has 2 fully saturated rings. The van der Waals surface area contributed by atoms with Gasteiger partial charge in [0.15, 0.2) is 5.03 Å². The molecule has 186 valence electrons. The van der Waals surface area contributed by atoms with Crippen molar-refractivity contribution in [3.8, 4) is 0 Å². The Labute approximate surface area is 197 Å². The van der Waals surface area contributed by atoms with E-state index in [2.05, 4.69) is 29.0 Å². The number of piperazine rings is 1. The molecule has 33 heavy (non-hydrogen) atoms. The lowest BCUT2D eigenvalue weighted by Crippen LogP contribution is -2.51. The van der Waals surface area contributed by atoms with Crippen molar-refractivity contribution in [1.29, 1.82) is 0 Å². The van der Waals surface area contributed by atoms with Gasteiger partial charge in [0.1, 0.15) is 0 Å². The van der Waals surface area contributed by atoms with Gasteiger partial charge < -0.3 is 14.8 Å². The van der Waals surface area contributed by atoms with Crippen LogP contribution in [-0.2, 0) is 26.7 Å². The molecule has 0 spiro atoms. The van der Waals surface area contributed by atoms with E-state index in [1.807, 2.05) is 4.90 Å². The highest BCUT2D eigenvalue weighted by atomic mass is 32.2. The SMILES string of the molecule is CC(C)CN1CCN(C(=O)C2CCCN(S(=O)(=O)c3cn(C)cn3)CCC(=O)NCC2)CC1. The van der Waals surface area contributed by atoms with Crippen LogP contribution in [0.25, 0.3) is 0 Å². The van der Waals surface area contributed by atoms with E-state index in [0.717, 1.165) is 19.6 Å². The Bertz CT molecular complexity index is 908. The highest BCUT2D eigenvalue weighted by molar-refractivity contribution is 7.89. The number of sulfonamides is 1. The van der Waals surface area contributed by atoms with Gasteiger partial charge in [0, 0.05) is 77.9 Å². The normalized spacial score (nSPS) is 22.7. The molecule has 10 nitrogen and oxygen atoms in total. The van der Waals surface area contributed by atoms with Crippen LogP contribution in [0, 0.1) is 11.8 Å². The number of nitrogens with one attached hydrogen (secondary N) is 1. The van der Waals surface area contributed by atoms with Crippen LogP contribution < -0.4 is 5.32 Å². The number of amides is 2. The summed E-state index contributed by atoms with van der Waals surface area (Å²) >= 11 is 0. The highest BCUT2D eigenvalue weighted by Crippen LogP contribution is 2.20. The van der Waals surface area contributed by atoms with Crippen molar-refractivity contribution in [2.45, 2.75) is 44.6 Å². The Morgan fingerprint density at radius 3 is 2.52 bits per heavy atom. The van der Waals surface area contributed by atoms with Crippen LogP contribution in [0.15, 0.2) is 17.6 Å². The van der Waals surface area contributed by atoms with Gasteiger partial charge in [0.05, 0.1) is 6.33 Å². The molecule has 1 N–H and O–H groups in total. The summed E-state index contributed by atoms with van der Waals surface area (Å²) in [4.78, 5) is 33.9. The van der Waals surface area contributed by atoms with Crippen LogP contribution in [0.1, 0.15) is 39.5 Å². The van der Waals surface area contributed by atoms with Crippen LogP contribution >= 0.6 is 0 Å². The maximum absolute atomic E-state index is 13.3. The molecule has 3 rings (SSSR count). The van der Waals surface area contributed by atoms with E-state index in [1.54, 1.807) is 11.6 Å². The molecule has 2 amide bonds. The first-order valence-electron chi connectivity index (χ1n) is 11.9. The molecule has 0 radical (unpaired) electrons. The summed E-state index contributed by atoms with van der Waals surface area (Å²) < 4.78 is 29.0. The largest absolute Gasteiger partial charge is 0.356 e. The summed E-state index contributed by atoms with van der Waals surface area (Å²) in [6, 6.07) is 0. The Kier molecular flexibility index (Phi) is 8.88. The minimum atomic E-state index is -3.80. The Morgan fingerprint density at radius 1 is 1.15 bits per heavy atom. The van der Waals surface area contributed by atoms with Crippen molar-refractivity contribution in [2.75, 3.05) is 52.4 Å². The number of carbonyl (C=O) groups excluding carboxylic acids is 2. The van der Waals surface area contributed by atoms with Gasteiger partial charge in [-0.25, -0.2) is 13.4 Å². The molecule has 1 unspecified atom stereocenters. The second kappa shape index (κ2) is 11.4. The number of hydrogen-bond acceptors (Lipinski definition) is 6. The topological polar surface area (TPSA) is 108 Å². The van der Waals surface area contributed by atoms with Gasteiger partial charge in [-0.3, -0.25) is 14.5 Å². The molecule has 0 aliphatic carbocycles. The molecule has 2 aliphatic heterocycles. The van der Waals surface area contributed by atoms with Crippen LogP contribution in [0.2, 0.25) is 0 Å². The molecular weight excluding hydrogens is 444 g/mol. The summed E-state index contributed by atoms with van der Waals surface area (Å²) in [5, 5.41) is 2.83. The van der Waals surface area contributed by atoms with E-state index < -0.39 is 10.0 Å². The average molecular weight is 483 g/mol. The molecule has 1 aromatic heterocycles. The van der Waals surface area contributed by atoms with Crippen molar-refractivity contribution in [3.63, 3.8) is 0 Å². The number of aryl methyl sites for hydroxylation is 1. The fraction of sp³-hybridized carbons (Fsp3) is 0.773. The lowest BCUT2D eigenvalue weighted by Gasteiger charge is -2.37. The van der Waals surface area contributed by atoms with Crippen LogP contribution in [0.3, 0.4) is 0 Å². The first-order chi connectivity index (χ1) is 15.7.